The van der Waals surface area contributed by atoms with Gasteiger partial charge in [0.05, 0.1) is 6.54 Å². The van der Waals surface area contributed by atoms with E-state index in [-0.39, 0.29) is 29.8 Å². The molecule has 0 atom stereocenters. The summed E-state index contributed by atoms with van der Waals surface area (Å²) in [5, 5.41) is 7.84. The smallest absolute Gasteiger partial charge is 0.275 e. The summed E-state index contributed by atoms with van der Waals surface area (Å²) in [6.45, 7) is 2.89. The maximum absolute atomic E-state index is 13.5. The summed E-state index contributed by atoms with van der Waals surface area (Å²) >= 11 is 0. The van der Waals surface area contributed by atoms with Crippen molar-refractivity contribution in [2.75, 3.05) is 7.05 Å². The molecule has 2 aromatic heterocycles. The average molecular weight is 359 g/mol. The number of hydrogen-bond donors (Lipinski definition) is 0. The van der Waals surface area contributed by atoms with Crippen molar-refractivity contribution in [1.29, 1.82) is 0 Å². The summed E-state index contributed by atoms with van der Waals surface area (Å²) < 4.78 is 25.9. The van der Waals surface area contributed by atoms with Crippen LogP contribution in [0.25, 0.3) is 0 Å². The Morgan fingerprint density at radius 2 is 2.19 bits per heavy atom. The zero-order valence-corrected chi connectivity index (χ0v) is 14.4. The Labute approximate surface area is 149 Å². The SMILES string of the molecule is CCn1cnnc1CN(C)C(=O)c1coc(COc2ccccc2F)n1. The molecule has 1 amide bonds. The van der Waals surface area contributed by atoms with Crippen LogP contribution in [0.1, 0.15) is 29.1 Å². The average Bonchev–Trinajstić information content (AvgIpc) is 3.29. The fraction of sp³-hybridized carbons (Fsp3) is 0.294. The van der Waals surface area contributed by atoms with Crippen LogP contribution in [0.5, 0.6) is 5.75 Å². The molecule has 2 heterocycles. The van der Waals surface area contributed by atoms with Crippen molar-refractivity contribution in [2.24, 2.45) is 0 Å². The van der Waals surface area contributed by atoms with Gasteiger partial charge in [0.1, 0.15) is 12.6 Å². The van der Waals surface area contributed by atoms with Crippen molar-refractivity contribution in [2.45, 2.75) is 26.6 Å². The van der Waals surface area contributed by atoms with Crippen LogP contribution in [0.3, 0.4) is 0 Å². The Kier molecular flexibility index (Phi) is 5.26. The second-order valence-corrected chi connectivity index (χ2v) is 5.54. The maximum Gasteiger partial charge on any atom is 0.275 e. The van der Waals surface area contributed by atoms with Gasteiger partial charge in [-0.3, -0.25) is 4.79 Å². The Morgan fingerprint density at radius 3 is 2.96 bits per heavy atom. The van der Waals surface area contributed by atoms with Crippen molar-refractivity contribution < 1.29 is 18.3 Å². The minimum absolute atomic E-state index is 0.0813. The Balaban J connectivity index is 1.61. The van der Waals surface area contributed by atoms with E-state index in [9.17, 15) is 9.18 Å². The molecule has 0 N–H and O–H groups in total. The molecule has 9 heteroatoms. The summed E-state index contributed by atoms with van der Waals surface area (Å²) in [6, 6.07) is 6.03. The first-order valence-corrected chi connectivity index (χ1v) is 8.02. The lowest BCUT2D eigenvalue weighted by Crippen LogP contribution is -2.28. The molecule has 26 heavy (non-hydrogen) atoms. The second kappa shape index (κ2) is 7.77. The molecular weight excluding hydrogens is 341 g/mol. The van der Waals surface area contributed by atoms with Gasteiger partial charge in [0.25, 0.3) is 5.91 Å². The van der Waals surface area contributed by atoms with Gasteiger partial charge in [-0.25, -0.2) is 9.37 Å². The van der Waals surface area contributed by atoms with E-state index < -0.39 is 5.82 Å². The fourth-order valence-electron chi connectivity index (χ4n) is 2.32. The molecule has 0 spiro atoms. The van der Waals surface area contributed by atoms with Gasteiger partial charge in [0.2, 0.25) is 5.89 Å². The zero-order chi connectivity index (χ0) is 18.5. The van der Waals surface area contributed by atoms with Crippen molar-refractivity contribution in [3.63, 3.8) is 0 Å². The molecule has 0 aliphatic carbocycles. The Bertz CT molecular complexity index is 892. The molecule has 0 bridgehead atoms. The van der Waals surface area contributed by atoms with Crippen LogP contribution in [0.4, 0.5) is 4.39 Å². The normalized spacial score (nSPS) is 10.7. The lowest BCUT2D eigenvalue weighted by Gasteiger charge is -2.15. The molecule has 3 aromatic rings. The van der Waals surface area contributed by atoms with Crippen molar-refractivity contribution >= 4 is 5.91 Å². The minimum Gasteiger partial charge on any atom is -0.481 e. The third-order valence-corrected chi connectivity index (χ3v) is 3.72. The van der Waals surface area contributed by atoms with Crippen LogP contribution >= 0.6 is 0 Å². The third kappa shape index (κ3) is 3.88. The van der Waals surface area contributed by atoms with Crippen LogP contribution in [0, 0.1) is 5.82 Å². The largest absolute Gasteiger partial charge is 0.481 e. The zero-order valence-electron chi connectivity index (χ0n) is 14.4. The van der Waals surface area contributed by atoms with Gasteiger partial charge in [0, 0.05) is 13.6 Å². The second-order valence-electron chi connectivity index (χ2n) is 5.54. The molecule has 3 rings (SSSR count). The molecule has 0 aliphatic rings. The summed E-state index contributed by atoms with van der Waals surface area (Å²) in [6.07, 6.45) is 2.87. The maximum atomic E-state index is 13.5. The Morgan fingerprint density at radius 1 is 1.38 bits per heavy atom. The van der Waals surface area contributed by atoms with Gasteiger partial charge in [-0.15, -0.1) is 10.2 Å². The van der Waals surface area contributed by atoms with Gasteiger partial charge in [-0.2, -0.15) is 0 Å². The highest BCUT2D eigenvalue weighted by Crippen LogP contribution is 2.17. The van der Waals surface area contributed by atoms with E-state index >= 15 is 0 Å². The van der Waals surface area contributed by atoms with E-state index in [1.54, 1.807) is 25.5 Å². The van der Waals surface area contributed by atoms with Crippen LogP contribution in [-0.4, -0.2) is 37.6 Å². The number of oxazole rings is 1. The van der Waals surface area contributed by atoms with Crippen LogP contribution < -0.4 is 4.74 Å². The van der Waals surface area contributed by atoms with Gasteiger partial charge in [0.15, 0.2) is 29.7 Å². The molecule has 0 saturated heterocycles. The predicted molar refractivity (Wildman–Crippen MR) is 88.7 cm³/mol. The molecule has 0 fully saturated rings. The van der Waals surface area contributed by atoms with E-state index in [0.29, 0.717) is 18.9 Å². The summed E-state index contributed by atoms with van der Waals surface area (Å²) in [4.78, 5) is 18.0. The Hall–Kier alpha value is -3.23. The van der Waals surface area contributed by atoms with Crippen molar-refractivity contribution in [3.05, 3.63) is 60.1 Å². The van der Waals surface area contributed by atoms with Crippen LogP contribution in [0.15, 0.2) is 41.3 Å². The number of aryl methyl sites for hydroxylation is 1. The molecule has 0 saturated carbocycles. The van der Waals surface area contributed by atoms with E-state index in [4.69, 9.17) is 9.15 Å². The van der Waals surface area contributed by atoms with E-state index in [1.807, 2.05) is 11.5 Å². The molecule has 0 unspecified atom stereocenters. The molecule has 8 nitrogen and oxygen atoms in total. The highest BCUT2D eigenvalue weighted by atomic mass is 19.1. The first kappa shape index (κ1) is 17.6. The number of nitrogens with zero attached hydrogens (tertiary/aromatic N) is 5. The summed E-state index contributed by atoms with van der Waals surface area (Å²) in [7, 11) is 1.64. The molecular formula is C17H18FN5O3. The standard InChI is InChI=1S/C17H18FN5O3/c1-3-23-11-19-21-15(23)8-22(2)17(24)13-9-26-16(20-13)10-25-14-7-5-4-6-12(14)18/h4-7,9,11H,3,8,10H2,1-2H3. The minimum atomic E-state index is -0.477. The quantitative estimate of drug-likeness (QED) is 0.643. The van der Waals surface area contributed by atoms with Gasteiger partial charge in [-0.1, -0.05) is 12.1 Å². The van der Waals surface area contributed by atoms with E-state index in [1.165, 1.54) is 23.3 Å². The number of carbonyl (C=O) groups is 1. The van der Waals surface area contributed by atoms with Crippen LogP contribution in [0.2, 0.25) is 0 Å². The topological polar surface area (TPSA) is 86.3 Å². The monoisotopic (exact) mass is 359 g/mol. The van der Waals surface area contributed by atoms with Crippen molar-refractivity contribution in [1.82, 2.24) is 24.6 Å². The van der Waals surface area contributed by atoms with Gasteiger partial charge in [-0.05, 0) is 19.1 Å². The number of ether oxygens (including phenoxy) is 1. The molecule has 1 aromatic carbocycles. The number of benzene rings is 1. The number of aromatic nitrogens is 4. The summed E-state index contributed by atoms with van der Waals surface area (Å²) in [5.74, 6) is 0.151. The number of amides is 1. The molecule has 136 valence electrons. The third-order valence-electron chi connectivity index (χ3n) is 3.72. The lowest BCUT2D eigenvalue weighted by molar-refractivity contribution is 0.0774. The lowest BCUT2D eigenvalue weighted by atomic mass is 10.3. The first-order valence-electron chi connectivity index (χ1n) is 8.02. The number of halogens is 1. The molecule has 0 radical (unpaired) electrons. The van der Waals surface area contributed by atoms with Gasteiger partial charge < -0.3 is 18.6 Å². The number of carbonyl (C=O) groups excluding carboxylic acids is 1. The van der Waals surface area contributed by atoms with E-state index in [0.717, 1.165) is 0 Å². The fourth-order valence-corrected chi connectivity index (χ4v) is 2.32. The predicted octanol–water partition coefficient (Wildman–Crippen LogP) is 2.28. The first-order chi connectivity index (χ1) is 12.6. The molecule has 0 aliphatic heterocycles. The highest BCUT2D eigenvalue weighted by molar-refractivity contribution is 5.91. The van der Waals surface area contributed by atoms with Gasteiger partial charge >= 0.3 is 0 Å². The summed E-state index contributed by atoms with van der Waals surface area (Å²) in [5.41, 5.74) is 0.141. The number of para-hydroxylation sites is 1. The number of rotatable bonds is 7. The number of hydrogen-bond acceptors (Lipinski definition) is 6. The van der Waals surface area contributed by atoms with E-state index in [2.05, 4.69) is 15.2 Å². The van der Waals surface area contributed by atoms with Crippen LogP contribution in [-0.2, 0) is 19.7 Å². The highest BCUT2D eigenvalue weighted by Gasteiger charge is 2.19. The van der Waals surface area contributed by atoms with Crippen molar-refractivity contribution in [3.8, 4) is 5.75 Å².